The maximum absolute atomic E-state index is 11.9. The highest BCUT2D eigenvalue weighted by Crippen LogP contribution is 2.49. The number of carbonyl (C=O) groups is 1. The van der Waals surface area contributed by atoms with Gasteiger partial charge in [-0.3, -0.25) is 4.79 Å². The van der Waals surface area contributed by atoms with E-state index in [1.54, 1.807) is 0 Å². The molecule has 0 atom stereocenters. The predicted molar refractivity (Wildman–Crippen MR) is 63.1 cm³/mol. The molecule has 1 aliphatic heterocycles. The second kappa shape index (κ2) is 2.76. The van der Waals surface area contributed by atoms with Crippen LogP contribution in [0.1, 0.15) is 12.8 Å². The number of anilines is 2. The average molecular weight is 267 g/mol. The zero-order valence-corrected chi connectivity index (χ0v) is 9.97. The van der Waals surface area contributed by atoms with E-state index in [1.807, 2.05) is 19.2 Å². The molecular weight excluding hydrogens is 256 g/mol. The summed E-state index contributed by atoms with van der Waals surface area (Å²) in [5.74, 6) is 0.139. The van der Waals surface area contributed by atoms with Gasteiger partial charge in [-0.1, -0.05) is 15.9 Å². The second-order valence-electron chi connectivity index (χ2n) is 4.21. The molecule has 1 aromatic carbocycles. The Morgan fingerprint density at radius 3 is 2.87 bits per heavy atom. The number of halogens is 1. The topological polar surface area (TPSA) is 32.3 Å². The van der Waals surface area contributed by atoms with Gasteiger partial charge in [0.15, 0.2) is 0 Å². The average Bonchev–Trinajstić information content (AvgIpc) is 2.99. The van der Waals surface area contributed by atoms with Crippen molar-refractivity contribution in [1.29, 1.82) is 0 Å². The number of carbonyl (C=O) groups excluding carboxylic acids is 1. The van der Waals surface area contributed by atoms with Gasteiger partial charge in [0.2, 0.25) is 5.91 Å². The third kappa shape index (κ3) is 1.14. The van der Waals surface area contributed by atoms with E-state index in [2.05, 4.69) is 32.2 Å². The van der Waals surface area contributed by atoms with Crippen molar-refractivity contribution in [1.82, 2.24) is 0 Å². The maximum Gasteiger partial charge on any atom is 0.250 e. The molecule has 1 aromatic rings. The van der Waals surface area contributed by atoms with Crippen LogP contribution < -0.4 is 10.2 Å². The molecule has 1 N–H and O–H groups in total. The van der Waals surface area contributed by atoms with Crippen molar-refractivity contribution in [3.05, 3.63) is 22.7 Å². The fourth-order valence-corrected chi connectivity index (χ4v) is 2.54. The van der Waals surface area contributed by atoms with E-state index in [9.17, 15) is 4.79 Å². The van der Waals surface area contributed by atoms with Crippen molar-refractivity contribution in [2.75, 3.05) is 17.3 Å². The molecule has 1 heterocycles. The van der Waals surface area contributed by atoms with Crippen LogP contribution in [0.3, 0.4) is 0 Å². The van der Waals surface area contributed by atoms with Gasteiger partial charge in [-0.05, 0) is 31.0 Å². The minimum atomic E-state index is -0.256. The summed E-state index contributed by atoms with van der Waals surface area (Å²) in [6.07, 6.45) is 1.92. The zero-order chi connectivity index (χ0) is 10.6. The van der Waals surface area contributed by atoms with E-state index in [0.717, 1.165) is 28.7 Å². The number of hydrogen-bond donors (Lipinski definition) is 1. The first kappa shape index (κ1) is 9.21. The lowest BCUT2D eigenvalue weighted by molar-refractivity contribution is -0.118. The highest BCUT2D eigenvalue weighted by atomic mass is 79.9. The SMILES string of the molecule is CN1c2cc(Br)ccc2NC(=O)C12CC2. The Balaban J connectivity index is 2.14. The van der Waals surface area contributed by atoms with Gasteiger partial charge in [0.1, 0.15) is 5.54 Å². The van der Waals surface area contributed by atoms with Crippen LogP contribution in [-0.4, -0.2) is 18.5 Å². The van der Waals surface area contributed by atoms with Crippen LogP contribution >= 0.6 is 15.9 Å². The smallest absolute Gasteiger partial charge is 0.250 e. The summed E-state index contributed by atoms with van der Waals surface area (Å²) in [4.78, 5) is 14.0. The van der Waals surface area contributed by atoms with Crippen molar-refractivity contribution in [3.8, 4) is 0 Å². The van der Waals surface area contributed by atoms with Gasteiger partial charge in [0.05, 0.1) is 11.4 Å². The van der Waals surface area contributed by atoms with Crippen LogP contribution in [0.25, 0.3) is 0 Å². The first-order valence-corrected chi connectivity index (χ1v) is 5.78. The molecule has 0 bridgehead atoms. The molecular formula is C11H11BrN2O. The van der Waals surface area contributed by atoms with E-state index < -0.39 is 0 Å². The van der Waals surface area contributed by atoms with Crippen LogP contribution in [0.4, 0.5) is 11.4 Å². The lowest BCUT2D eigenvalue weighted by Crippen LogP contribution is -2.48. The summed E-state index contributed by atoms with van der Waals surface area (Å²) in [5, 5.41) is 2.97. The summed E-state index contributed by atoms with van der Waals surface area (Å²) in [5.41, 5.74) is 1.75. The summed E-state index contributed by atoms with van der Waals surface area (Å²) in [6.45, 7) is 0. The fourth-order valence-electron chi connectivity index (χ4n) is 2.19. The van der Waals surface area contributed by atoms with E-state index in [1.165, 1.54) is 0 Å². The van der Waals surface area contributed by atoms with Crippen molar-refractivity contribution in [2.45, 2.75) is 18.4 Å². The third-order valence-electron chi connectivity index (χ3n) is 3.36. The minimum Gasteiger partial charge on any atom is -0.358 e. The number of benzene rings is 1. The van der Waals surface area contributed by atoms with Crippen molar-refractivity contribution >= 4 is 33.2 Å². The Morgan fingerprint density at radius 1 is 1.47 bits per heavy atom. The summed E-state index contributed by atoms with van der Waals surface area (Å²) in [6, 6.07) is 5.93. The maximum atomic E-state index is 11.9. The van der Waals surface area contributed by atoms with Gasteiger partial charge >= 0.3 is 0 Å². The van der Waals surface area contributed by atoms with Crippen LogP contribution in [-0.2, 0) is 4.79 Å². The molecule has 3 rings (SSSR count). The molecule has 1 spiro atoms. The van der Waals surface area contributed by atoms with Gasteiger partial charge in [-0.2, -0.15) is 0 Å². The van der Waals surface area contributed by atoms with Crippen LogP contribution in [0.2, 0.25) is 0 Å². The predicted octanol–water partition coefficient (Wildman–Crippen LogP) is 2.37. The highest BCUT2D eigenvalue weighted by Gasteiger charge is 2.56. The van der Waals surface area contributed by atoms with Crippen molar-refractivity contribution in [3.63, 3.8) is 0 Å². The summed E-state index contributed by atoms with van der Waals surface area (Å²) < 4.78 is 1.04. The lowest BCUT2D eigenvalue weighted by Gasteiger charge is -2.35. The second-order valence-corrected chi connectivity index (χ2v) is 5.12. The fraction of sp³-hybridized carbons (Fsp3) is 0.364. The monoisotopic (exact) mass is 266 g/mol. The Morgan fingerprint density at radius 2 is 2.20 bits per heavy atom. The molecule has 1 amide bonds. The van der Waals surface area contributed by atoms with E-state index in [-0.39, 0.29) is 11.4 Å². The van der Waals surface area contributed by atoms with Gasteiger partial charge in [0, 0.05) is 11.5 Å². The van der Waals surface area contributed by atoms with Crippen molar-refractivity contribution < 1.29 is 4.79 Å². The normalized spacial score (nSPS) is 21.2. The van der Waals surface area contributed by atoms with Crippen molar-refractivity contribution in [2.24, 2.45) is 0 Å². The van der Waals surface area contributed by atoms with Gasteiger partial charge in [-0.15, -0.1) is 0 Å². The number of likely N-dealkylation sites (N-methyl/N-ethyl adjacent to an activating group) is 1. The Hall–Kier alpha value is -1.03. The van der Waals surface area contributed by atoms with E-state index in [0.29, 0.717) is 0 Å². The van der Waals surface area contributed by atoms with Gasteiger partial charge in [0.25, 0.3) is 0 Å². The summed E-state index contributed by atoms with van der Waals surface area (Å²) in [7, 11) is 2.00. The summed E-state index contributed by atoms with van der Waals surface area (Å²) >= 11 is 3.45. The number of hydrogen-bond acceptors (Lipinski definition) is 2. The van der Waals surface area contributed by atoms with Crippen LogP contribution in [0.15, 0.2) is 22.7 Å². The number of nitrogens with zero attached hydrogens (tertiary/aromatic N) is 1. The molecule has 2 aliphatic rings. The third-order valence-corrected chi connectivity index (χ3v) is 3.85. The van der Waals surface area contributed by atoms with Crippen LogP contribution in [0, 0.1) is 0 Å². The number of nitrogens with one attached hydrogen (secondary N) is 1. The Bertz CT molecular complexity index is 454. The van der Waals surface area contributed by atoms with E-state index in [4.69, 9.17) is 0 Å². The molecule has 15 heavy (non-hydrogen) atoms. The molecule has 1 aliphatic carbocycles. The molecule has 3 nitrogen and oxygen atoms in total. The first-order valence-electron chi connectivity index (χ1n) is 4.98. The Kier molecular flexibility index (Phi) is 1.69. The van der Waals surface area contributed by atoms with Gasteiger partial charge < -0.3 is 10.2 Å². The molecule has 1 saturated carbocycles. The molecule has 0 saturated heterocycles. The molecule has 1 fully saturated rings. The number of fused-ring (bicyclic) bond motifs is 1. The van der Waals surface area contributed by atoms with Gasteiger partial charge in [-0.25, -0.2) is 0 Å². The molecule has 0 unspecified atom stereocenters. The Labute approximate surface area is 96.6 Å². The lowest BCUT2D eigenvalue weighted by atomic mass is 10.1. The largest absolute Gasteiger partial charge is 0.358 e. The number of rotatable bonds is 0. The highest BCUT2D eigenvalue weighted by molar-refractivity contribution is 9.10. The quantitative estimate of drug-likeness (QED) is 0.782. The molecule has 0 aromatic heterocycles. The minimum absolute atomic E-state index is 0.139. The molecule has 0 radical (unpaired) electrons. The molecule has 4 heteroatoms. The van der Waals surface area contributed by atoms with Crippen LogP contribution in [0.5, 0.6) is 0 Å². The molecule has 78 valence electrons. The first-order chi connectivity index (χ1) is 7.13. The standard InChI is InChI=1S/C11H11BrN2O/c1-14-9-6-7(12)2-3-8(9)13-10(15)11(14)4-5-11/h2-3,6H,4-5H2,1H3,(H,13,15). The van der Waals surface area contributed by atoms with E-state index >= 15 is 0 Å². The number of amides is 1. The zero-order valence-electron chi connectivity index (χ0n) is 8.38.